The van der Waals surface area contributed by atoms with Gasteiger partial charge in [0, 0.05) is 49.9 Å². The van der Waals surface area contributed by atoms with E-state index in [9.17, 15) is 26.3 Å². The summed E-state index contributed by atoms with van der Waals surface area (Å²) < 4.78 is 123. The Kier molecular flexibility index (Phi) is 28.6. The van der Waals surface area contributed by atoms with Gasteiger partial charge in [-0.3, -0.25) is 0 Å². The molecule has 0 saturated carbocycles. The Morgan fingerprint density at radius 1 is 0.455 bits per heavy atom. The quantitative estimate of drug-likeness (QED) is 0.0306. The lowest BCUT2D eigenvalue weighted by molar-refractivity contribution is -0.706. The molecule has 0 amide bonds. The van der Waals surface area contributed by atoms with Crippen LogP contribution in [0, 0.1) is 0 Å². The predicted molar refractivity (Wildman–Crippen MR) is 200 cm³/mol. The highest BCUT2D eigenvalue weighted by Gasteiger charge is 2.37. The van der Waals surface area contributed by atoms with E-state index in [2.05, 4.69) is 71.8 Å². The first-order valence-corrected chi connectivity index (χ1v) is 22.7. The lowest BCUT2D eigenvalue weighted by atomic mass is 10.1. The highest BCUT2D eigenvalue weighted by Crippen LogP contribution is 2.21. The molecule has 0 saturated heterocycles. The molecule has 2 aromatic heterocycles. The molecule has 0 aliphatic carbocycles. The predicted octanol–water partition coefficient (Wildman–Crippen LogP) is 10.4. The number of nitrogens with zero attached hydrogens (tertiary/aromatic N) is 2. The molecule has 0 N–H and O–H groups in total. The molecule has 16 heteroatoms. The third-order valence-corrected chi connectivity index (χ3v) is 10.1. The number of rotatable bonds is 26. The summed E-state index contributed by atoms with van der Waals surface area (Å²) in [4.78, 5) is 0. The van der Waals surface area contributed by atoms with Crippen LogP contribution in [0.1, 0.15) is 160 Å². The first-order chi connectivity index (χ1) is 25.8. The average molecular weight is 835 g/mol. The number of unbranched alkanes of at least 4 members (excludes halogenated alkanes) is 18. The van der Waals surface area contributed by atoms with Crippen LogP contribution in [-0.2, 0) is 46.2 Å². The molecule has 0 aliphatic rings. The van der Waals surface area contributed by atoms with Gasteiger partial charge in [0.15, 0.2) is 44.0 Å². The van der Waals surface area contributed by atoms with E-state index < -0.39 is 31.3 Å². The lowest BCUT2D eigenvalue weighted by Crippen LogP contribution is -2.39. The maximum absolute atomic E-state index is 10.7. The summed E-state index contributed by atoms with van der Waals surface area (Å²) in [5, 5.41) is 0. The van der Waals surface area contributed by atoms with Crippen LogP contribution in [0.3, 0.4) is 0 Å². The van der Waals surface area contributed by atoms with Crippen molar-refractivity contribution in [3.8, 4) is 0 Å². The SMILES string of the molecule is CCCCCCCCCCCC[n+]1ccccc1CCCc1cccc[n+]1CCCCCCCCCCCC.O=S(=O)([O-])C(F)(F)F.O=S(=O)([O-])C(F)(F)F. The lowest BCUT2D eigenvalue weighted by Gasteiger charge is -2.08. The highest BCUT2D eigenvalue weighted by atomic mass is 32.2. The third-order valence-electron chi connectivity index (χ3n) is 9.01. The Balaban J connectivity index is 0.00000151. The minimum Gasteiger partial charge on any atom is -0.741 e. The van der Waals surface area contributed by atoms with E-state index in [1.165, 1.54) is 172 Å². The van der Waals surface area contributed by atoms with Crippen LogP contribution in [0.4, 0.5) is 26.3 Å². The summed E-state index contributed by atoms with van der Waals surface area (Å²) in [6.45, 7) is 6.96. The summed E-state index contributed by atoms with van der Waals surface area (Å²) in [5.74, 6) is 0. The normalized spacial score (nSPS) is 12.1. The summed E-state index contributed by atoms with van der Waals surface area (Å²) in [6.07, 6.45) is 36.3. The zero-order valence-electron chi connectivity index (χ0n) is 32.7. The van der Waals surface area contributed by atoms with E-state index in [0.717, 1.165) is 0 Å². The van der Waals surface area contributed by atoms with Gasteiger partial charge in [0.1, 0.15) is 13.1 Å². The monoisotopic (exact) mass is 834 g/mol. The Morgan fingerprint density at radius 2 is 0.709 bits per heavy atom. The molecule has 0 atom stereocenters. The molecule has 2 rings (SSSR count). The van der Waals surface area contributed by atoms with E-state index in [1.54, 1.807) is 0 Å². The minimum atomic E-state index is -6.09. The van der Waals surface area contributed by atoms with Crippen LogP contribution >= 0.6 is 0 Å². The topological polar surface area (TPSA) is 122 Å². The van der Waals surface area contributed by atoms with Crippen molar-refractivity contribution in [2.45, 2.75) is 186 Å². The van der Waals surface area contributed by atoms with Crippen LogP contribution in [0.2, 0.25) is 0 Å². The molecular formula is C39H64F6N2O6S2. The molecule has 2 heterocycles. The van der Waals surface area contributed by atoms with Gasteiger partial charge in [-0.05, 0) is 19.3 Å². The van der Waals surface area contributed by atoms with Gasteiger partial charge in [0.25, 0.3) is 0 Å². The van der Waals surface area contributed by atoms with Crippen molar-refractivity contribution in [1.82, 2.24) is 0 Å². The summed E-state index contributed by atoms with van der Waals surface area (Å²) in [6, 6.07) is 13.5. The summed E-state index contributed by atoms with van der Waals surface area (Å²) in [7, 11) is -12.2. The number of pyridine rings is 2. The summed E-state index contributed by atoms with van der Waals surface area (Å²) >= 11 is 0. The van der Waals surface area contributed by atoms with Crippen molar-refractivity contribution in [2.24, 2.45) is 0 Å². The number of alkyl halides is 6. The van der Waals surface area contributed by atoms with Crippen molar-refractivity contribution < 1.29 is 61.4 Å². The molecule has 0 spiro atoms. The standard InChI is InChI=1S/C37H64N2.2CHF3O3S/c1-3-5-7-9-11-13-15-17-19-23-32-38-34-25-21-28-36(38)30-27-31-37-29-22-26-35-39(37)33-24-20-18-16-14-12-10-8-6-4-2;2*2-1(3,4)8(5,6)7/h21-22,25-26,28-29,34-35H,3-20,23-24,27,30-33H2,1-2H3;2*(H,5,6,7)/q+2;;/p-2. The Labute approximate surface area is 326 Å². The zero-order chi connectivity index (χ0) is 41.6. The van der Waals surface area contributed by atoms with E-state index >= 15 is 0 Å². The molecule has 8 nitrogen and oxygen atoms in total. The number of halogens is 6. The van der Waals surface area contributed by atoms with Gasteiger partial charge in [0.05, 0.1) is 0 Å². The van der Waals surface area contributed by atoms with Crippen molar-refractivity contribution in [2.75, 3.05) is 0 Å². The van der Waals surface area contributed by atoms with Gasteiger partial charge in [-0.15, -0.1) is 0 Å². The van der Waals surface area contributed by atoms with Crippen molar-refractivity contribution >= 4 is 20.2 Å². The van der Waals surface area contributed by atoms with Crippen LogP contribution in [0.15, 0.2) is 48.8 Å². The Morgan fingerprint density at radius 3 is 0.964 bits per heavy atom. The fourth-order valence-corrected chi connectivity index (χ4v) is 5.90. The van der Waals surface area contributed by atoms with Gasteiger partial charge in [-0.25, -0.2) is 26.0 Å². The molecule has 0 fully saturated rings. The second-order valence-corrected chi connectivity index (χ2v) is 16.5. The summed E-state index contributed by atoms with van der Waals surface area (Å²) in [5.41, 5.74) is -8.28. The third kappa shape index (κ3) is 27.9. The van der Waals surface area contributed by atoms with E-state index in [1.807, 2.05) is 0 Å². The Bertz CT molecular complexity index is 1360. The maximum atomic E-state index is 10.7. The maximum Gasteiger partial charge on any atom is 0.485 e. The van der Waals surface area contributed by atoms with Gasteiger partial charge in [0.2, 0.25) is 0 Å². The van der Waals surface area contributed by atoms with Gasteiger partial charge in [-0.2, -0.15) is 26.3 Å². The molecule has 0 aromatic carbocycles. The second-order valence-electron chi connectivity index (χ2n) is 13.8. The van der Waals surface area contributed by atoms with Crippen LogP contribution in [0.25, 0.3) is 0 Å². The van der Waals surface area contributed by atoms with Crippen molar-refractivity contribution in [1.29, 1.82) is 0 Å². The molecule has 2 aromatic rings. The van der Waals surface area contributed by atoms with Gasteiger partial charge < -0.3 is 9.11 Å². The van der Waals surface area contributed by atoms with Gasteiger partial charge in [-0.1, -0.05) is 129 Å². The first-order valence-electron chi connectivity index (χ1n) is 19.8. The number of hydrogen-bond acceptors (Lipinski definition) is 6. The molecular weight excluding hydrogens is 771 g/mol. The van der Waals surface area contributed by atoms with Crippen LogP contribution in [0.5, 0.6) is 0 Å². The zero-order valence-corrected chi connectivity index (χ0v) is 34.4. The smallest absolute Gasteiger partial charge is 0.485 e. The van der Waals surface area contributed by atoms with Crippen LogP contribution in [-0.4, -0.2) is 37.0 Å². The minimum absolute atomic E-state index is 1.17. The largest absolute Gasteiger partial charge is 0.741 e. The van der Waals surface area contributed by atoms with E-state index in [4.69, 9.17) is 25.9 Å². The average Bonchev–Trinajstić information content (AvgIpc) is 3.10. The van der Waals surface area contributed by atoms with E-state index in [0.29, 0.717) is 0 Å². The number of hydrogen-bond donors (Lipinski definition) is 0. The second kappa shape index (κ2) is 29.9. The van der Waals surface area contributed by atoms with Crippen LogP contribution < -0.4 is 9.13 Å². The molecule has 0 aliphatic heterocycles. The fourth-order valence-electron chi connectivity index (χ4n) is 5.90. The number of aryl methyl sites for hydroxylation is 4. The van der Waals surface area contributed by atoms with Crippen molar-refractivity contribution in [3.05, 3.63) is 60.2 Å². The molecule has 320 valence electrons. The first kappa shape index (κ1) is 52.7. The fraction of sp³-hybridized carbons (Fsp3) is 0.744. The number of aromatic nitrogens is 2. The Hall–Kier alpha value is -2.30. The van der Waals surface area contributed by atoms with Crippen molar-refractivity contribution in [3.63, 3.8) is 0 Å². The molecule has 0 unspecified atom stereocenters. The molecule has 0 bridgehead atoms. The van der Waals surface area contributed by atoms with Gasteiger partial charge >= 0.3 is 11.0 Å². The highest BCUT2D eigenvalue weighted by molar-refractivity contribution is 7.86. The van der Waals surface area contributed by atoms with E-state index in [-0.39, 0.29) is 0 Å². The molecule has 0 radical (unpaired) electrons. The molecule has 55 heavy (non-hydrogen) atoms.